The summed E-state index contributed by atoms with van der Waals surface area (Å²) < 4.78 is 0. The molecule has 5 heteroatoms. The van der Waals surface area contributed by atoms with E-state index >= 15 is 0 Å². The minimum Gasteiger partial charge on any atom is -0.315 e. The molecular weight excluding hydrogens is 374 g/mol. The van der Waals surface area contributed by atoms with Gasteiger partial charge in [0.15, 0.2) is 5.54 Å². The molecule has 3 amide bonds. The third-order valence-corrected chi connectivity index (χ3v) is 6.01. The van der Waals surface area contributed by atoms with Crippen molar-refractivity contribution in [1.82, 2.24) is 15.5 Å². The molecule has 0 radical (unpaired) electrons. The molecule has 0 spiro atoms. The predicted octanol–water partition coefficient (Wildman–Crippen LogP) is 4.43. The summed E-state index contributed by atoms with van der Waals surface area (Å²) in [6.45, 7) is 7.51. The van der Waals surface area contributed by atoms with E-state index in [1.807, 2.05) is 60.7 Å². The Kier molecular flexibility index (Phi) is 6.93. The van der Waals surface area contributed by atoms with Crippen molar-refractivity contribution in [2.45, 2.75) is 57.5 Å². The highest BCUT2D eigenvalue weighted by Crippen LogP contribution is 2.35. The molecule has 1 fully saturated rings. The van der Waals surface area contributed by atoms with Crippen LogP contribution in [-0.2, 0) is 10.3 Å². The lowest BCUT2D eigenvalue weighted by Crippen LogP contribution is -2.48. The fourth-order valence-corrected chi connectivity index (χ4v) is 4.59. The number of benzene rings is 2. The highest BCUT2D eigenvalue weighted by Gasteiger charge is 2.53. The second-order valence-corrected chi connectivity index (χ2v) is 8.36. The summed E-state index contributed by atoms with van der Waals surface area (Å²) in [7, 11) is 0. The van der Waals surface area contributed by atoms with Gasteiger partial charge in [-0.3, -0.25) is 9.69 Å². The van der Waals surface area contributed by atoms with Gasteiger partial charge in [-0.1, -0.05) is 87.4 Å². The van der Waals surface area contributed by atoms with E-state index < -0.39 is 5.54 Å². The average Bonchev–Trinajstić information content (AvgIpc) is 3.01. The van der Waals surface area contributed by atoms with Crippen LogP contribution in [0.2, 0.25) is 0 Å². The van der Waals surface area contributed by atoms with Crippen LogP contribution >= 0.6 is 0 Å². The predicted molar refractivity (Wildman–Crippen MR) is 120 cm³/mol. The monoisotopic (exact) mass is 407 g/mol. The van der Waals surface area contributed by atoms with Gasteiger partial charge in [-0.05, 0) is 30.9 Å². The summed E-state index contributed by atoms with van der Waals surface area (Å²) in [5.74, 6) is -0.223. The van der Waals surface area contributed by atoms with Gasteiger partial charge >= 0.3 is 6.03 Å². The number of amides is 3. The number of hydrogen-bond donors (Lipinski definition) is 2. The fraction of sp³-hybridized carbons (Fsp3) is 0.440. The average molecular weight is 408 g/mol. The highest BCUT2D eigenvalue weighted by atomic mass is 16.2. The van der Waals surface area contributed by atoms with E-state index in [1.165, 1.54) is 4.90 Å². The standard InChI is InChI=1S/C25H33N3O2/c1-4-16-24(3,17-5-2)26-18-19-28-22(29)25(27-23(28)30,20-12-8-6-9-13-20)21-14-10-7-11-15-21/h6-15,26H,4-5,16-19H2,1-3H3,(H,27,30). The maximum Gasteiger partial charge on any atom is 0.325 e. The molecule has 0 atom stereocenters. The minimum absolute atomic E-state index is 0.0265. The SMILES string of the molecule is CCCC(C)(CCC)NCCN1C(=O)NC(c2ccccc2)(c2ccccc2)C1=O. The van der Waals surface area contributed by atoms with Gasteiger partial charge in [0.25, 0.3) is 5.91 Å². The van der Waals surface area contributed by atoms with Crippen molar-refractivity contribution in [3.05, 3.63) is 71.8 Å². The topological polar surface area (TPSA) is 61.4 Å². The van der Waals surface area contributed by atoms with Gasteiger partial charge in [0.05, 0.1) is 0 Å². The van der Waals surface area contributed by atoms with Crippen LogP contribution in [0.4, 0.5) is 4.79 Å². The van der Waals surface area contributed by atoms with E-state index in [9.17, 15) is 9.59 Å². The van der Waals surface area contributed by atoms with Gasteiger partial charge in [0.2, 0.25) is 0 Å². The first-order chi connectivity index (χ1) is 14.5. The largest absolute Gasteiger partial charge is 0.325 e. The van der Waals surface area contributed by atoms with Crippen LogP contribution in [0, 0.1) is 0 Å². The molecule has 0 unspecified atom stereocenters. The molecule has 1 aliphatic heterocycles. The molecule has 1 heterocycles. The Morgan fingerprint density at radius 3 is 1.87 bits per heavy atom. The van der Waals surface area contributed by atoms with Crippen LogP contribution in [0.15, 0.2) is 60.7 Å². The van der Waals surface area contributed by atoms with Crippen LogP contribution < -0.4 is 10.6 Å². The summed E-state index contributed by atoms with van der Waals surface area (Å²) in [5, 5.41) is 6.61. The summed E-state index contributed by atoms with van der Waals surface area (Å²) in [5.41, 5.74) is 0.382. The van der Waals surface area contributed by atoms with Crippen LogP contribution in [0.25, 0.3) is 0 Å². The second kappa shape index (κ2) is 9.43. The highest BCUT2D eigenvalue weighted by molar-refractivity contribution is 6.09. The van der Waals surface area contributed by atoms with E-state index in [0.717, 1.165) is 36.8 Å². The maximum absolute atomic E-state index is 13.7. The summed E-state index contributed by atoms with van der Waals surface area (Å²) in [4.78, 5) is 27.9. The maximum atomic E-state index is 13.7. The number of carbonyl (C=O) groups excluding carboxylic acids is 2. The lowest BCUT2D eigenvalue weighted by atomic mass is 9.82. The van der Waals surface area contributed by atoms with Gasteiger partial charge in [-0.15, -0.1) is 0 Å². The molecular formula is C25H33N3O2. The molecule has 0 saturated carbocycles. The molecule has 1 saturated heterocycles. The third-order valence-electron chi connectivity index (χ3n) is 6.01. The fourth-order valence-electron chi connectivity index (χ4n) is 4.59. The Hall–Kier alpha value is -2.66. The van der Waals surface area contributed by atoms with Crippen molar-refractivity contribution < 1.29 is 9.59 Å². The molecule has 1 aliphatic rings. The van der Waals surface area contributed by atoms with E-state index in [2.05, 4.69) is 31.4 Å². The van der Waals surface area contributed by atoms with Crippen molar-refractivity contribution in [3.63, 3.8) is 0 Å². The van der Waals surface area contributed by atoms with Gasteiger partial charge in [0, 0.05) is 18.6 Å². The zero-order valence-corrected chi connectivity index (χ0v) is 18.3. The summed E-state index contributed by atoms with van der Waals surface area (Å²) in [6.07, 6.45) is 4.33. The first kappa shape index (κ1) is 22.0. The number of imide groups is 1. The summed E-state index contributed by atoms with van der Waals surface area (Å²) in [6, 6.07) is 18.6. The Morgan fingerprint density at radius 1 is 0.900 bits per heavy atom. The molecule has 0 aromatic heterocycles. The van der Waals surface area contributed by atoms with Gasteiger partial charge in [-0.25, -0.2) is 4.79 Å². The first-order valence-electron chi connectivity index (χ1n) is 11.0. The van der Waals surface area contributed by atoms with Crippen LogP contribution in [-0.4, -0.2) is 35.5 Å². The molecule has 2 N–H and O–H groups in total. The minimum atomic E-state index is -1.18. The zero-order valence-electron chi connectivity index (χ0n) is 18.3. The molecule has 30 heavy (non-hydrogen) atoms. The number of rotatable bonds is 10. The molecule has 160 valence electrons. The van der Waals surface area contributed by atoms with Crippen LogP contribution in [0.5, 0.6) is 0 Å². The molecule has 2 aromatic carbocycles. The molecule has 0 bridgehead atoms. The second-order valence-electron chi connectivity index (χ2n) is 8.36. The van der Waals surface area contributed by atoms with E-state index in [1.54, 1.807) is 0 Å². The van der Waals surface area contributed by atoms with Crippen molar-refractivity contribution >= 4 is 11.9 Å². The Bertz CT molecular complexity index is 806. The van der Waals surface area contributed by atoms with E-state index in [4.69, 9.17) is 0 Å². The third kappa shape index (κ3) is 4.26. The lowest BCUT2D eigenvalue weighted by molar-refractivity contribution is -0.130. The van der Waals surface area contributed by atoms with Gasteiger partial charge < -0.3 is 10.6 Å². The Labute approximate surface area is 179 Å². The van der Waals surface area contributed by atoms with E-state index in [0.29, 0.717) is 13.1 Å². The molecule has 3 rings (SSSR count). The molecule has 5 nitrogen and oxygen atoms in total. The van der Waals surface area contributed by atoms with Crippen molar-refractivity contribution in [2.24, 2.45) is 0 Å². The number of carbonyl (C=O) groups is 2. The summed E-state index contributed by atoms with van der Waals surface area (Å²) >= 11 is 0. The van der Waals surface area contributed by atoms with Crippen molar-refractivity contribution in [1.29, 1.82) is 0 Å². The van der Waals surface area contributed by atoms with Gasteiger partial charge in [0.1, 0.15) is 0 Å². The lowest BCUT2D eigenvalue weighted by Gasteiger charge is -2.31. The molecule has 0 aliphatic carbocycles. The number of nitrogens with zero attached hydrogens (tertiary/aromatic N) is 1. The van der Waals surface area contributed by atoms with Gasteiger partial charge in [-0.2, -0.15) is 0 Å². The van der Waals surface area contributed by atoms with Crippen LogP contribution in [0.3, 0.4) is 0 Å². The number of urea groups is 1. The Balaban J connectivity index is 1.84. The normalized spacial score (nSPS) is 16.0. The molecule has 2 aromatic rings. The zero-order chi connectivity index (χ0) is 21.6. The quantitative estimate of drug-likeness (QED) is 0.573. The van der Waals surface area contributed by atoms with Crippen LogP contribution in [0.1, 0.15) is 57.6 Å². The van der Waals surface area contributed by atoms with Crippen molar-refractivity contribution in [2.75, 3.05) is 13.1 Å². The smallest absolute Gasteiger partial charge is 0.315 e. The number of nitrogens with one attached hydrogen (secondary N) is 2. The van der Waals surface area contributed by atoms with E-state index in [-0.39, 0.29) is 17.5 Å². The van der Waals surface area contributed by atoms with Crippen molar-refractivity contribution in [3.8, 4) is 0 Å². The Morgan fingerprint density at radius 2 is 1.40 bits per heavy atom. The first-order valence-corrected chi connectivity index (χ1v) is 11.0. The number of hydrogen-bond acceptors (Lipinski definition) is 3.